The molecule has 0 aromatic rings. The van der Waals surface area contributed by atoms with E-state index in [9.17, 15) is 28.9 Å². The van der Waals surface area contributed by atoms with Crippen LogP contribution in [0.4, 0.5) is 0 Å². The van der Waals surface area contributed by atoms with Gasteiger partial charge in [0.25, 0.3) is 0 Å². The van der Waals surface area contributed by atoms with Gasteiger partial charge in [0.15, 0.2) is 6.10 Å². The van der Waals surface area contributed by atoms with Crippen molar-refractivity contribution < 1.29 is 52.6 Å². The number of rotatable bonds is 37. The summed E-state index contributed by atoms with van der Waals surface area (Å²) in [5, 5.41) is 19.2. The average Bonchev–Trinajstić information content (AvgIpc) is 3.20. The summed E-state index contributed by atoms with van der Waals surface area (Å²) in [6.45, 7) is 2.37. The number of carbonyl (C=O) groups excluding carboxylic acids is 2. The van der Waals surface area contributed by atoms with Crippen LogP contribution in [-0.4, -0.2) is 71.1 Å². The molecule has 0 aliphatic rings. The lowest BCUT2D eigenvalue weighted by atomic mass is 10.1. The van der Waals surface area contributed by atoms with Crippen molar-refractivity contribution >= 4 is 25.7 Å². The molecule has 1 unspecified atom stereocenters. The molecular formula is C46H72NO11P. The van der Waals surface area contributed by atoms with Crippen molar-refractivity contribution in [2.75, 3.05) is 19.8 Å². The Morgan fingerprint density at radius 3 is 1.69 bits per heavy atom. The fraction of sp³-hybridized carbons (Fsp3) is 0.543. The Balaban J connectivity index is 4.71. The van der Waals surface area contributed by atoms with Crippen molar-refractivity contribution in [3.8, 4) is 0 Å². The standard InChI is InChI=1S/C46H72NO11P/c1-3-5-7-9-11-13-15-17-18-19-20-22-24-26-28-30-32-36-44(49)55-38-42(39-56-59(53,54)57-40-43(47)46(51)52)58-45(50)37-33-35-41(48)34-31-29-27-25-23-21-16-14-12-10-8-6-4-2/h5,7,11-14,17-18,20-23,26-29,31,34,41-43,48H,3-4,6,8-10,15-16,19,24-25,30,32-33,35-40,47H2,1-2H3,(H,51,52)(H,53,54)/b7-5-,13-11-,14-12-,18-17-,22-20-,23-21-,28-26-,29-27-,34-31+/t41-,42+,43-/m0/s1. The van der Waals surface area contributed by atoms with Gasteiger partial charge in [-0.3, -0.25) is 23.4 Å². The number of hydrogen-bond acceptors (Lipinski definition) is 10. The highest BCUT2D eigenvalue weighted by molar-refractivity contribution is 7.47. The Labute approximate surface area is 353 Å². The van der Waals surface area contributed by atoms with E-state index < -0.39 is 63.8 Å². The van der Waals surface area contributed by atoms with E-state index in [1.165, 1.54) is 19.3 Å². The first-order chi connectivity index (χ1) is 28.5. The number of aliphatic hydroxyl groups excluding tert-OH is 1. The van der Waals surface area contributed by atoms with Crippen LogP contribution in [0.15, 0.2) is 109 Å². The number of aliphatic carboxylic acids is 1. The van der Waals surface area contributed by atoms with Gasteiger partial charge in [-0.05, 0) is 83.5 Å². The number of ether oxygens (including phenoxy) is 2. The van der Waals surface area contributed by atoms with E-state index in [1.54, 1.807) is 12.2 Å². The van der Waals surface area contributed by atoms with E-state index in [0.29, 0.717) is 12.8 Å². The van der Waals surface area contributed by atoms with Gasteiger partial charge in [0, 0.05) is 12.8 Å². The van der Waals surface area contributed by atoms with Crippen LogP contribution < -0.4 is 5.73 Å². The molecule has 0 bridgehead atoms. The molecule has 0 aliphatic carbocycles. The predicted molar refractivity (Wildman–Crippen MR) is 236 cm³/mol. The number of phosphoric ester groups is 1. The minimum atomic E-state index is -4.79. The minimum Gasteiger partial charge on any atom is -0.480 e. The molecule has 0 fully saturated rings. The lowest BCUT2D eigenvalue weighted by Gasteiger charge is -2.20. The Hall–Kier alpha value is -3.90. The number of phosphoric acid groups is 1. The summed E-state index contributed by atoms with van der Waals surface area (Å²) in [5.74, 6) is -2.70. The molecule has 13 heteroatoms. The molecule has 4 atom stereocenters. The second kappa shape index (κ2) is 39.6. The SMILES string of the molecule is CC/C=C\C/C=C\C/C=C\C/C=C\C/C=C\CCCC(=O)OC[C@H](COP(=O)(O)OC[C@H](N)C(=O)O)OC(=O)CCC[C@@H](O)/C=C/C=C\C/C=C\C/C=C\CCCCC. The topological polar surface area (TPSA) is 192 Å². The third-order valence-electron chi connectivity index (χ3n) is 8.11. The summed E-state index contributed by atoms with van der Waals surface area (Å²) in [6.07, 6.45) is 47.7. The number of carboxylic acid groups (broad SMARTS) is 1. The Morgan fingerprint density at radius 1 is 0.627 bits per heavy atom. The molecule has 0 rings (SSSR count). The first-order valence-corrected chi connectivity index (χ1v) is 22.5. The smallest absolute Gasteiger partial charge is 0.472 e. The Bertz CT molecular complexity index is 1430. The van der Waals surface area contributed by atoms with Gasteiger partial charge in [-0.2, -0.15) is 0 Å². The number of unbranched alkanes of at least 4 members (excludes halogenated alkanes) is 4. The van der Waals surface area contributed by atoms with Crippen molar-refractivity contribution in [3.05, 3.63) is 109 Å². The average molecular weight is 846 g/mol. The van der Waals surface area contributed by atoms with Crippen LogP contribution in [0.25, 0.3) is 0 Å². The van der Waals surface area contributed by atoms with E-state index >= 15 is 0 Å². The number of carbonyl (C=O) groups is 3. The Kier molecular flexibility index (Phi) is 36.9. The van der Waals surface area contributed by atoms with Crippen molar-refractivity contribution in [2.24, 2.45) is 5.73 Å². The highest BCUT2D eigenvalue weighted by Gasteiger charge is 2.28. The molecule has 5 N–H and O–H groups in total. The quantitative estimate of drug-likeness (QED) is 0.0152. The molecule has 59 heavy (non-hydrogen) atoms. The van der Waals surface area contributed by atoms with Gasteiger partial charge in [0.1, 0.15) is 12.6 Å². The Morgan fingerprint density at radius 2 is 1.14 bits per heavy atom. The maximum absolute atomic E-state index is 12.6. The molecule has 332 valence electrons. The molecular weight excluding hydrogens is 773 g/mol. The summed E-state index contributed by atoms with van der Waals surface area (Å²) in [6, 6.07) is -1.57. The van der Waals surface area contributed by atoms with Crippen LogP contribution in [0.5, 0.6) is 0 Å². The third-order valence-corrected chi connectivity index (χ3v) is 9.06. The molecule has 0 saturated heterocycles. The number of allylic oxidation sites excluding steroid dienone is 17. The first kappa shape index (κ1) is 55.1. The van der Waals surface area contributed by atoms with Crippen molar-refractivity contribution in [2.45, 2.75) is 141 Å². The zero-order valence-electron chi connectivity index (χ0n) is 35.4. The monoisotopic (exact) mass is 845 g/mol. The molecule has 0 radical (unpaired) electrons. The fourth-order valence-electron chi connectivity index (χ4n) is 4.79. The van der Waals surface area contributed by atoms with Crippen LogP contribution >= 0.6 is 7.82 Å². The zero-order chi connectivity index (χ0) is 43.7. The van der Waals surface area contributed by atoms with Crippen LogP contribution in [0, 0.1) is 0 Å². The second-order valence-corrected chi connectivity index (χ2v) is 15.0. The molecule has 0 spiro atoms. The van der Waals surface area contributed by atoms with E-state index in [1.807, 2.05) is 24.3 Å². The van der Waals surface area contributed by atoms with Gasteiger partial charge in [0.05, 0.1) is 19.3 Å². The van der Waals surface area contributed by atoms with Crippen LogP contribution in [0.1, 0.15) is 123 Å². The lowest BCUT2D eigenvalue weighted by Crippen LogP contribution is -2.34. The normalized spacial score (nSPS) is 15.3. The van der Waals surface area contributed by atoms with E-state index in [-0.39, 0.29) is 25.7 Å². The van der Waals surface area contributed by atoms with Crippen molar-refractivity contribution in [3.63, 3.8) is 0 Å². The maximum Gasteiger partial charge on any atom is 0.472 e. The van der Waals surface area contributed by atoms with E-state index in [2.05, 4.69) is 91.3 Å². The number of esters is 2. The van der Waals surface area contributed by atoms with Crippen LogP contribution in [-0.2, 0) is 37.5 Å². The number of nitrogens with two attached hydrogens (primary N) is 1. The van der Waals surface area contributed by atoms with Crippen molar-refractivity contribution in [1.82, 2.24) is 0 Å². The molecule has 0 amide bonds. The van der Waals surface area contributed by atoms with Crippen LogP contribution in [0.3, 0.4) is 0 Å². The maximum atomic E-state index is 12.6. The van der Waals surface area contributed by atoms with Gasteiger partial charge >= 0.3 is 25.7 Å². The fourth-order valence-corrected chi connectivity index (χ4v) is 5.57. The number of hydrogen-bond donors (Lipinski definition) is 4. The third kappa shape index (κ3) is 39.3. The van der Waals surface area contributed by atoms with E-state index in [4.69, 9.17) is 24.8 Å². The summed E-state index contributed by atoms with van der Waals surface area (Å²) in [4.78, 5) is 45.9. The lowest BCUT2D eigenvalue weighted by molar-refractivity contribution is -0.161. The summed E-state index contributed by atoms with van der Waals surface area (Å²) in [5.41, 5.74) is 5.31. The van der Waals surface area contributed by atoms with Gasteiger partial charge in [0.2, 0.25) is 0 Å². The summed E-state index contributed by atoms with van der Waals surface area (Å²) < 4.78 is 32.4. The molecule has 0 aromatic heterocycles. The van der Waals surface area contributed by atoms with Crippen molar-refractivity contribution in [1.29, 1.82) is 0 Å². The highest BCUT2D eigenvalue weighted by atomic mass is 31.2. The predicted octanol–water partition coefficient (Wildman–Crippen LogP) is 10.0. The number of aliphatic hydroxyl groups is 1. The summed E-state index contributed by atoms with van der Waals surface area (Å²) in [7, 11) is -4.79. The minimum absolute atomic E-state index is 0.0863. The first-order valence-electron chi connectivity index (χ1n) is 21.0. The second-order valence-electron chi connectivity index (χ2n) is 13.6. The van der Waals surface area contributed by atoms with Gasteiger partial charge in [-0.1, -0.05) is 136 Å². The zero-order valence-corrected chi connectivity index (χ0v) is 36.3. The molecule has 0 saturated carbocycles. The van der Waals surface area contributed by atoms with E-state index in [0.717, 1.165) is 51.4 Å². The highest BCUT2D eigenvalue weighted by Crippen LogP contribution is 2.43. The van der Waals surface area contributed by atoms with Gasteiger partial charge in [-0.25, -0.2) is 4.57 Å². The van der Waals surface area contributed by atoms with Gasteiger partial charge in [-0.15, -0.1) is 0 Å². The van der Waals surface area contributed by atoms with Gasteiger partial charge < -0.3 is 30.3 Å². The molecule has 0 aromatic carbocycles. The number of carboxylic acids is 1. The largest absolute Gasteiger partial charge is 0.480 e. The summed E-state index contributed by atoms with van der Waals surface area (Å²) >= 11 is 0. The molecule has 0 aliphatic heterocycles. The molecule has 0 heterocycles. The molecule has 12 nitrogen and oxygen atoms in total. The van der Waals surface area contributed by atoms with Crippen LogP contribution in [0.2, 0.25) is 0 Å².